The van der Waals surface area contributed by atoms with Crippen molar-refractivity contribution in [3.63, 3.8) is 0 Å². The molecule has 1 aromatic rings. The van der Waals surface area contributed by atoms with Crippen molar-refractivity contribution in [2.24, 2.45) is 0 Å². The summed E-state index contributed by atoms with van der Waals surface area (Å²) in [6, 6.07) is 11.9. The van der Waals surface area contributed by atoms with Crippen LogP contribution in [0.4, 0.5) is 0 Å². The smallest absolute Gasteiger partial charge is 0.0251 e. The minimum Gasteiger partial charge on any atom is -0.307 e. The first-order valence-electron chi connectivity index (χ1n) is 6.21. The van der Waals surface area contributed by atoms with E-state index in [0.29, 0.717) is 18.0 Å². The predicted octanol–water partition coefficient (Wildman–Crippen LogP) is 3.49. The maximum absolute atomic E-state index is 4.09. The largest absolute Gasteiger partial charge is 0.307 e. The van der Waals surface area contributed by atoms with Gasteiger partial charge in [-0.05, 0) is 25.3 Å². The topological polar surface area (TPSA) is 12.0 Å². The van der Waals surface area contributed by atoms with E-state index in [1.807, 2.05) is 0 Å². The summed E-state index contributed by atoms with van der Waals surface area (Å²) < 4.78 is 0. The van der Waals surface area contributed by atoms with Crippen LogP contribution in [0.5, 0.6) is 0 Å². The Labute approximate surface area is 98.6 Å². The van der Waals surface area contributed by atoms with Crippen LogP contribution in [0.3, 0.4) is 0 Å². The minimum absolute atomic E-state index is 0.448. The summed E-state index contributed by atoms with van der Waals surface area (Å²) in [6.45, 7) is 8.47. The molecule has 0 aromatic heterocycles. The molecule has 1 aliphatic carbocycles. The molecule has 1 aromatic carbocycles. The molecule has 16 heavy (non-hydrogen) atoms. The van der Waals surface area contributed by atoms with Crippen LogP contribution in [0.15, 0.2) is 42.5 Å². The van der Waals surface area contributed by atoms with Crippen molar-refractivity contribution in [2.45, 2.75) is 44.7 Å². The van der Waals surface area contributed by atoms with Gasteiger partial charge in [0.25, 0.3) is 0 Å². The fourth-order valence-corrected chi connectivity index (χ4v) is 2.19. The molecule has 3 atom stereocenters. The number of hydrogen-bond donors (Lipinski definition) is 1. The van der Waals surface area contributed by atoms with Crippen molar-refractivity contribution in [2.75, 3.05) is 0 Å². The molecular formula is C15H21N. The van der Waals surface area contributed by atoms with Gasteiger partial charge in [0.05, 0.1) is 0 Å². The van der Waals surface area contributed by atoms with Crippen molar-refractivity contribution in [3.05, 3.63) is 48.0 Å². The van der Waals surface area contributed by atoms with E-state index < -0.39 is 0 Å². The van der Waals surface area contributed by atoms with Crippen LogP contribution < -0.4 is 5.32 Å². The highest BCUT2D eigenvalue weighted by Gasteiger charge is 2.38. The second-order valence-corrected chi connectivity index (χ2v) is 4.76. The third kappa shape index (κ3) is 2.53. The van der Waals surface area contributed by atoms with Gasteiger partial charge in [0.1, 0.15) is 0 Å². The van der Waals surface area contributed by atoms with Gasteiger partial charge in [-0.25, -0.2) is 0 Å². The van der Waals surface area contributed by atoms with Crippen LogP contribution in [-0.2, 0) is 0 Å². The van der Waals surface area contributed by atoms with Gasteiger partial charge in [-0.15, -0.1) is 0 Å². The Morgan fingerprint density at radius 3 is 2.75 bits per heavy atom. The first kappa shape index (κ1) is 11.4. The molecule has 0 saturated heterocycles. The molecule has 3 unspecified atom stereocenters. The molecule has 0 heterocycles. The predicted molar refractivity (Wildman–Crippen MR) is 69.6 cm³/mol. The zero-order valence-electron chi connectivity index (χ0n) is 10.2. The molecule has 0 aliphatic heterocycles. The van der Waals surface area contributed by atoms with Crippen molar-refractivity contribution in [1.82, 2.24) is 5.32 Å². The molecule has 1 N–H and O–H groups in total. The van der Waals surface area contributed by atoms with E-state index in [2.05, 4.69) is 56.1 Å². The lowest BCUT2D eigenvalue weighted by Gasteiger charge is -2.15. The first-order valence-corrected chi connectivity index (χ1v) is 6.21. The van der Waals surface area contributed by atoms with Gasteiger partial charge in [-0.2, -0.15) is 0 Å². The van der Waals surface area contributed by atoms with Crippen molar-refractivity contribution in [1.29, 1.82) is 0 Å². The number of nitrogens with one attached hydrogen (secondary N) is 1. The van der Waals surface area contributed by atoms with Gasteiger partial charge in [0, 0.05) is 18.0 Å². The molecule has 1 nitrogen and oxygen atoms in total. The number of rotatable bonds is 5. The van der Waals surface area contributed by atoms with E-state index in [1.54, 1.807) is 0 Å². The Morgan fingerprint density at radius 1 is 1.44 bits per heavy atom. The van der Waals surface area contributed by atoms with Gasteiger partial charge in [0.2, 0.25) is 0 Å². The Bertz CT molecular complexity index is 355. The molecule has 2 rings (SSSR count). The second-order valence-electron chi connectivity index (χ2n) is 4.76. The summed E-state index contributed by atoms with van der Waals surface area (Å²) in [5.74, 6) is 0.716. The van der Waals surface area contributed by atoms with Crippen LogP contribution in [0.2, 0.25) is 0 Å². The zero-order valence-corrected chi connectivity index (χ0v) is 10.2. The summed E-state index contributed by atoms with van der Waals surface area (Å²) in [6.07, 6.45) is 2.34. The van der Waals surface area contributed by atoms with Crippen LogP contribution >= 0.6 is 0 Å². The normalized spacial score (nSPS) is 25.1. The monoisotopic (exact) mass is 215 g/mol. The summed E-state index contributed by atoms with van der Waals surface area (Å²) in [5, 5.41) is 3.65. The van der Waals surface area contributed by atoms with Crippen molar-refractivity contribution in [3.8, 4) is 0 Å². The third-order valence-electron chi connectivity index (χ3n) is 3.55. The number of benzene rings is 1. The van der Waals surface area contributed by atoms with Crippen LogP contribution in [0.25, 0.3) is 0 Å². The lowest BCUT2D eigenvalue weighted by Crippen LogP contribution is -2.30. The van der Waals surface area contributed by atoms with Crippen molar-refractivity contribution >= 4 is 0 Å². The quantitative estimate of drug-likeness (QED) is 0.741. The molecule has 86 valence electrons. The van der Waals surface area contributed by atoms with Gasteiger partial charge >= 0.3 is 0 Å². The molecular weight excluding hydrogens is 194 g/mol. The van der Waals surface area contributed by atoms with E-state index >= 15 is 0 Å². The van der Waals surface area contributed by atoms with Crippen molar-refractivity contribution < 1.29 is 0 Å². The highest BCUT2D eigenvalue weighted by molar-refractivity contribution is 5.28. The highest BCUT2D eigenvalue weighted by atomic mass is 15.0. The summed E-state index contributed by atoms with van der Waals surface area (Å²) in [4.78, 5) is 0. The Morgan fingerprint density at radius 2 is 2.12 bits per heavy atom. The Hall–Kier alpha value is -1.08. The average Bonchev–Trinajstić information content (AvgIpc) is 3.08. The molecule has 0 bridgehead atoms. The molecule has 1 aliphatic rings. The molecule has 0 radical (unpaired) electrons. The van der Waals surface area contributed by atoms with E-state index in [4.69, 9.17) is 0 Å². The Kier molecular flexibility index (Phi) is 3.45. The first-order chi connectivity index (χ1) is 7.72. The van der Waals surface area contributed by atoms with Gasteiger partial charge in [0.15, 0.2) is 0 Å². The lowest BCUT2D eigenvalue weighted by molar-refractivity contribution is 0.585. The molecule has 1 heteroatoms. The molecule has 1 fully saturated rings. The van der Waals surface area contributed by atoms with Gasteiger partial charge < -0.3 is 5.32 Å². The second kappa shape index (κ2) is 4.84. The summed E-state index contributed by atoms with van der Waals surface area (Å²) >= 11 is 0. The fourth-order valence-electron chi connectivity index (χ4n) is 2.19. The standard InChI is InChI=1S/C15H21N/c1-4-11(2)12(3)16-15-10-14(15)13-8-6-5-7-9-13/h5-9,12,14-16H,2,4,10H2,1,3H3. The highest BCUT2D eigenvalue weighted by Crippen LogP contribution is 2.41. The van der Waals surface area contributed by atoms with Gasteiger partial charge in [-0.3, -0.25) is 0 Å². The van der Waals surface area contributed by atoms with E-state index in [-0.39, 0.29) is 0 Å². The third-order valence-corrected chi connectivity index (χ3v) is 3.55. The molecule has 0 amide bonds. The maximum Gasteiger partial charge on any atom is 0.0251 e. The fraction of sp³-hybridized carbons (Fsp3) is 0.467. The van der Waals surface area contributed by atoms with Crippen LogP contribution in [-0.4, -0.2) is 12.1 Å². The van der Waals surface area contributed by atoms with Gasteiger partial charge in [-0.1, -0.05) is 49.4 Å². The minimum atomic E-state index is 0.448. The van der Waals surface area contributed by atoms with E-state index in [0.717, 1.165) is 6.42 Å². The Balaban J connectivity index is 1.86. The lowest BCUT2D eigenvalue weighted by atomic mass is 10.1. The number of hydrogen-bond acceptors (Lipinski definition) is 1. The van der Waals surface area contributed by atoms with E-state index in [1.165, 1.54) is 17.6 Å². The maximum atomic E-state index is 4.09. The summed E-state index contributed by atoms with van der Waals surface area (Å²) in [7, 11) is 0. The molecule has 0 spiro atoms. The zero-order chi connectivity index (χ0) is 11.5. The average molecular weight is 215 g/mol. The SMILES string of the molecule is C=C(CC)C(C)NC1CC1c1ccccc1. The molecule has 1 saturated carbocycles. The van der Waals surface area contributed by atoms with Crippen LogP contribution in [0.1, 0.15) is 38.2 Å². The van der Waals surface area contributed by atoms with Crippen LogP contribution in [0, 0.1) is 0 Å². The van der Waals surface area contributed by atoms with E-state index in [9.17, 15) is 0 Å². The summed E-state index contributed by atoms with van der Waals surface area (Å²) in [5.41, 5.74) is 2.77.